The molecule has 160 valence electrons. The van der Waals surface area contributed by atoms with Crippen molar-refractivity contribution in [1.29, 1.82) is 5.26 Å². The Labute approximate surface area is 184 Å². The number of imide groups is 1. The van der Waals surface area contributed by atoms with Gasteiger partial charge in [-0.05, 0) is 30.9 Å². The molecule has 11 nitrogen and oxygen atoms in total. The zero-order valence-corrected chi connectivity index (χ0v) is 17.1. The van der Waals surface area contributed by atoms with Crippen molar-refractivity contribution in [3.63, 3.8) is 0 Å². The Morgan fingerprint density at radius 2 is 1.97 bits per heavy atom. The van der Waals surface area contributed by atoms with E-state index in [0.29, 0.717) is 5.56 Å². The predicted octanol–water partition coefficient (Wildman–Crippen LogP) is 3.22. The lowest BCUT2D eigenvalue weighted by Gasteiger charge is -2.24. The van der Waals surface area contributed by atoms with Crippen LogP contribution in [0.25, 0.3) is 0 Å². The first-order valence-electron chi connectivity index (χ1n) is 8.83. The number of hydrogen-bond donors (Lipinski definition) is 4. The van der Waals surface area contributed by atoms with E-state index in [0.717, 1.165) is 19.3 Å². The number of benzene rings is 1. The average molecular weight is 465 g/mol. The van der Waals surface area contributed by atoms with Crippen molar-refractivity contribution in [1.82, 2.24) is 15.5 Å². The summed E-state index contributed by atoms with van der Waals surface area (Å²) in [5.74, 6) is -0.856. The van der Waals surface area contributed by atoms with E-state index >= 15 is 0 Å². The van der Waals surface area contributed by atoms with Gasteiger partial charge in [0.2, 0.25) is 11.6 Å². The summed E-state index contributed by atoms with van der Waals surface area (Å²) in [6, 6.07) is 5.72. The van der Waals surface area contributed by atoms with Gasteiger partial charge >= 0.3 is 6.09 Å². The molecule has 3 rings (SSSR count). The number of rotatable bonds is 6. The molecule has 4 N–H and O–H groups in total. The van der Waals surface area contributed by atoms with Gasteiger partial charge in [-0.3, -0.25) is 20.3 Å². The maximum atomic E-state index is 12.0. The molecule has 0 saturated heterocycles. The molecule has 1 saturated carbocycles. The van der Waals surface area contributed by atoms with Crippen molar-refractivity contribution in [2.45, 2.75) is 25.2 Å². The fourth-order valence-electron chi connectivity index (χ4n) is 2.71. The van der Waals surface area contributed by atoms with Crippen LogP contribution in [0.2, 0.25) is 10.0 Å². The molecule has 0 aliphatic heterocycles. The third kappa shape index (κ3) is 5.30. The number of carbonyl (C=O) groups excluding carboxylic acids is 1. The number of anilines is 1. The largest absolute Gasteiger partial charge is 0.465 e. The number of amides is 2. The van der Waals surface area contributed by atoms with E-state index < -0.39 is 17.7 Å². The van der Waals surface area contributed by atoms with Gasteiger partial charge in [0.1, 0.15) is 6.07 Å². The van der Waals surface area contributed by atoms with Gasteiger partial charge in [-0.2, -0.15) is 10.4 Å². The first kappa shape index (κ1) is 22.1. The molecule has 0 spiro atoms. The normalized spacial score (nSPS) is 13.6. The van der Waals surface area contributed by atoms with Gasteiger partial charge in [-0.25, -0.2) is 9.89 Å². The summed E-state index contributed by atoms with van der Waals surface area (Å²) in [6.07, 6.45) is 1.27. The molecule has 1 aromatic heterocycles. The number of aromatic amines is 1. The second-order valence-corrected chi connectivity index (χ2v) is 7.25. The van der Waals surface area contributed by atoms with E-state index in [4.69, 9.17) is 38.3 Å². The van der Waals surface area contributed by atoms with Crippen LogP contribution in [-0.2, 0) is 4.79 Å². The van der Waals surface area contributed by atoms with Gasteiger partial charge < -0.3 is 9.84 Å². The highest BCUT2D eigenvalue weighted by Crippen LogP contribution is 2.39. The number of aromatic nitrogens is 2. The Balaban J connectivity index is 1.79. The molecule has 0 unspecified atom stereocenters. The fourth-order valence-corrected chi connectivity index (χ4v) is 3.27. The molecule has 2 aromatic rings. The lowest BCUT2D eigenvalue weighted by atomic mass is 9.81. The van der Waals surface area contributed by atoms with Crippen molar-refractivity contribution in [3.05, 3.63) is 44.2 Å². The van der Waals surface area contributed by atoms with E-state index in [1.165, 1.54) is 23.5 Å². The predicted molar refractivity (Wildman–Crippen MR) is 111 cm³/mol. The quantitative estimate of drug-likeness (QED) is 0.372. The number of ether oxygens (including phenoxy) is 1. The maximum Gasteiger partial charge on any atom is 0.411 e. The summed E-state index contributed by atoms with van der Waals surface area (Å²) in [6.45, 7) is 0. The first-order chi connectivity index (χ1) is 14.8. The van der Waals surface area contributed by atoms with Gasteiger partial charge in [0.15, 0.2) is 5.75 Å². The van der Waals surface area contributed by atoms with Crippen LogP contribution in [-0.4, -0.2) is 33.0 Å². The lowest BCUT2D eigenvalue weighted by molar-refractivity contribution is -0.114. The second-order valence-electron chi connectivity index (χ2n) is 6.43. The first-order valence-corrected chi connectivity index (χ1v) is 9.58. The topological polar surface area (TPSA) is 170 Å². The van der Waals surface area contributed by atoms with Gasteiger partial charge in [0.25, 0.3) is 11.5 Å². The molecule has 2 amide bonds. The van der Waals surface area contributed by atoms with Crippen LogP contribution in [0, 0.1) is 11.3 Å². The highest BCUT2D eigenvalue weighted by Gasteiger charge is 2.23. The summed E-state index contributed by atoms with van der Waals surface area (Å²) < 4.78 is 5.65. The highest BCUT2D eigenvalue weighted by atomic mass is 35.5. The zero-order valence-electron chi connectivity index (χ0n) is 15.6. The number of H-pyrrole nitrogens is 1. The molecule has 0 atom stereocenters. The molecule has 1 aliphatic carbocycles. The molecular formula is C18H14Cl2N6O5. The highest BCUT2D eigenvalue weighted by molar-refractivity contribution is 6.46. The number of nitriles is 1. The number of hydrogen-bond acceptors (Lipinski definition) is 8. The lowest BCUT2D eigenvalue weighted by Crippen LogP contribution is -2.34. The minimum absolute atomic E-state index is 0.0527. The van der Waals surface area contributed by atoms with Crippen LogP contribution in [0.3, 0.4) is 0 Å². The number of halogens is 2. The Morgan fingerprint density at radius 1 is 1.29 bits per heavy atom. The third-order valence-corrected chi connectivity index (χ3v) is 4.96. The molecule has 1 aromatic carbocycles. The molecule has 1 aliphatic rings. The fraction of sp³-hybridized carbons (Fsp3) is 0.222. The summed E-state index contributed by atoms with van der Waals surface area (Å²) in [5, 5.41) is 28.8. The van der Waals surface area contributed by atoms with Crippen molar-refractivity contribution >= 4 is 46.6 Å². The number of carboxylic acid groups (broad SMARTS) is 1. The van der Waals surface area contributed by atoms with E-state index in [9.17, 15) is 14.4 Å². The molecule has 1 fully saturated rings. The average Bonchev–Trinajstić information content (AvgIpc) is 2.65. The van der Waals surface area contributed by atoms with Crippen molar-refractivity contribution in [3.8, 4) is 17.7 Å². The minimum atomic E-state index is -1.63. The van der Waals surface area contributed by atoms with Crippen molar-refractivity contribution in [2.75, 3.05) is 5.43 Å². The minimum Gasteiger partial charge on any atom is -0.465 e. The number of nitrogens with zero attached hydrogens (tertiary/aromatic N) is 3. The van der Waals surface area contributed by atoms with E-state index in [-0.39, 0.29) is 38.8 Å². The second kappa shape index (κ2) is 9.46. The van der Waals surface area contributed by atoms with E-state index in [1.54, 1.807) is 6.07 Å². The van der Waals surface area contributed by atoms with Gasteiger partial charge in [-0.15, -0.1) is 5.10 Å². The number of nitrogens with one attached hydrogen (secondary N) is 3. The Morgan fingerprint density at radius 3 is 2.52 bits per heavy atom. The van der Waals surface area contributed by atoms with Crippen LogP contribution in [0.5, 0.6) is 11.6 Å². The van der Waals surface area contributed by atoms with Gasteiger partial charge in [0, 0.05) is 11.6 Å². The maximum absolute atomic E-state index is 12.0. The van der Waals surface area contributed by atoms with Gasteiger partial charge in [-0.1, -0.05) is 29.6 Å². The van der Waals surface area contributed by atoms with E-state index in [1.807, 2.05) is 0 Å². The van der Waals surface area contributed by atoms with Crippen LogP contribution in [0.15, 0.2) is 28.1 Å². The van der Waals surface area contributed by atoms with Gasteiger partial charge in [0.05, 0.1) is 15.7 Å². The monoisotopic (exact) mass is 464 g/mol. The molecule has 13 heteroatoms. The van der Waals surface area contributed by atoms with Crippen molar-refractivity contribution < 1.29 is 19.4 Å². The summed E-state index contributed by atoms with van der Waals surface area (Å²) in [4.78, 5) is 34.0. The Bertz CT molecular complexity index is 1150. The summed E-state index contributed by atoms with van der Waals surface area (Å²) in [5.41, 5.74) is 2.18. The molecule has 0 bridgehead atoms. The molecule has 31 heavy (non-hydrogen) atoms. The number of carbonyl (C=O) groups is 2. The van der Waals surface area contributed by atoms with Crippen LogP contribution in [0.1, 0.15) is 30.7 Å². The number of hydrazone groups is 1. The summed E-state index contributed by atoms with van der Waals surface area (Å²) >= 11 is 12.4. The Kier molecular flexibility index (Phi) is 6.74. The third-order valence-electron chi connectivity index (χ3n) is 4.40. The van der Waals surface area contributed by atoms with Crippen LogP contribution in [0.4, 0.5) is 10.5 Å². The zero-order chi connectivity index (χ0) is 22.5. The molecule has 1 heterocycles. The smallest absolute Gasteiger partial charge is 0.411 e. The summed E-state index contributed by atoms with van der Waals surface area (Å²) in [7, 11) is 0. The van der Waals surface area contributed by atoms with Crippen LogP contribution >= 0.6 is 23.2 Å². The standard InChI is InChI=1S/C18H14Cl2N6O5/c19-11-4-9(23-24-13(7-21)17(28)22-18(29)30)5-12(20)15(11)31-14-6-10(8-2-1-3-8)16(27)26-25-14/h4-6,8,23H,1-3H2,(H,22,28)(H,26,27)(H,29,30)/b24-13-. The Hall–Kier alpha value is -3.62. The van der Waals surface area contributed by atoms with Crippen molar-refractivity contribution in [2.24, 2.45) is 5.10 Å². The SMILES string of the molecule is N#C/C(=N/Nc1cc(Cl)c(Oc2cc(C3CCC3)c(=O)[nH]n2)c(Cl)c1)C(=O)NC(=O)O. The molecular weight excluding hydrogens is 451 g/mol. The van der Waals surface area contributed by atoms with E-state index in [2.05, 4.69) is 20.7 Å². The van der Waals surface area contributed by atoms with Crippen LogP contribution < -0.4 is 21.0 Å². The molecule has 0 radical (unpaired) electrons.